The summed E-state index contributed by atoms with van der Waals surface area (Å²) in [6.45, 7) is 4.12. The van der Waals surface area contributed by atoms with Crippen LogP contribution in [0.5, 0.6) is 5.75 Å². The van der Waals surface area contributed by atoms with E-state index in [1.165, 1.54) is 25.3 Å². The summed E-state index contributed by atoms with van der Waals surface area (Å²) in [4.78, 5) is 107. The number of ether oxygens (including phenoxy) is 4. The molecule has 16 heteroatoms. The van der Waals surface area contributed by atoms with E-state index in [2.05, 4.69) is 17.2 Å². The molecule has 0 aromatic heterocycles. The van der Waals surface area contributed by atoms with Gasteiger partial charge in [-0.3, -0.25) is 28.9 Å². The van der Waals surface area contributed by atoms with Crippen LogP contribution in [0.3, 0.4) is 0 Å². The van der Waals surface area contributed by atoms with E-state index in [9.17, 15) is 19.5 Å². The molecule has 0 bridgehead atoms. The maximum atomic E-state index is 16.7. The molecular formula is C55H58N4O12. The third kappa shape index (κ3) is 9.22. The fraction of sp³-hybridized carbons (Fsp3) is 0.400. The number of aromatic hydroxyl groups is 1. The van der Waals surface area contributed by atoms with Crippen molar-refractivity contribution < 1.29 is 57.6 Å². The minimum absolute atomic E-state index is 0.0609. The summed E-state index contributed by atoms with van der Waals surface area (Å²) in [7, 11) is 3.48. The first-order valence-corrected chi connectivity index (χ1v) is 24.0. The zero-order chi connectivity index (χ0) is 50.6. The molecule has 1 spiro atoms. The Bertz CT molecular complexity index is 2710. The number of nitrogens with zero attached hydrogens (tertiary/aromatic N) is 3. The molecule has 3 saturated heterocycles. The summed E-state index contributed by atoms with van der Waals surface area (Å²) in [6, 6.07) is 23.8. The Morgan fingerprint density at radius 1 is 0.746 bits per heavy atom. The number of imide groups is 1. The second kappa shape index (κ2) is 21.2. The predicted molar refractivity (Wildman–Crippen MR) is 258 cm³/mol. The summed E-state index contributed by atoms with van der Waals surface area (Å²) in [5, 5.41) is 13.5. The van der Waals surface area contributed by atoms with Gasteiger partial charge in [0.15, 0.2) is 5.92 Å². The Labute approximate surface area is 412 Å². The topological polar surface area (TPSA) is 198 Å². The van der Waals surface area contributed by atoms with Crippen LogP contribution < -0.4 is 10.2 Å². The van der Waals surface area contributed by atoms with Crippen molar-refractivity contribution in [3.8, 4) is 17.6 Å². The molecule has 4 heterocycles. The Morgan fingerprint density at radius 2 is 1.34 bits per heavy atom. The maximum absolute atomic E-state index is 16.7. The normalized spacial score (nSPS) is 23.3. The van der Waals surface area contributed by atoms with E-state index in [0.717, 1.165) is 38.4 Å². The molecule has 4 amide bonds. The van der Waals surface area contributed by atoms with Gasteiger partial charge >= 0.3 is 29.9 Å². The number of amides is 4. The fourth-order valence-electron chi connectivity index (χ4n) is 10.9. The second-order valence-corrected chi connectivity index (χ2v) is 18.6. The Balaban J connectivity index is 1.45. The van der Waals surface area contributed by atoms with Gasteiger partial charge in [0, 0.05) is 25.1 Å². The minimum atomic E-state index is -2.14. The summed E-state index contributed by atoms with van der Waals surface area (Å²) in [5.41, 5.74) is 0.174. The van der Waals surface area contributed by atoms with Crippen LogP contribution in [-0.2, 0) is 53.1 Å². The molecular weight excluding hydrogens is 909 g/mol. The summed E-state index contributed by atoms with van der Waals surface area (Å²) in [5.74, 6) is -2.12. The highest BCUT2D eigenvalue weighted by Crippen LogP contribution is 2.66. The fourth-order valence-corrected chi connectivity index (χ4v) is 10.9. The number of nitrogens with one attached hydrogen (secondary N) is 1. The van der Waals surface area contributed by atoms with Gasteiger partial charge < -0.3 is 34.3 Å². The summed E-state index contributed by atoms with van der Waals surface area (Å²) in [6.07, 6.45) is 2.81. The van der Waals surface area contributed by atoms with E-state index >= 15 is 19.2 Å². The Hall–Kier alpha value is -7.51. The smallest absolute Gasteiger partial charge is 0.329 e. The highest BCUT2D eigenvalue weighted by Gasteiger charge is 2.76. The number of phenolic OH excluding ortho intramolecular Hbond substituents is 1. The third-order valence-corrected chi connectivity index (χ3v) is 14.2. The van der Waals surface area contributed by atoms with Crippen LogP contribution in [0.25, 0.3) is 0 Å². The largest absolute Gasteiger partial charge is 0.508 e. The predicted octanol–water partition coefficient (Wildman–Crippen LogP) is 6.46. The number of rotatable bonds is 10. The number of likely N-dealkylation sites (tertiary alicyclic amines) is 1. The number of morpholine rings is 1. The minimum Gasteiger partial charge on any atom is -0.508 e. The number of esters is 4. The van der Waals surface area contributed by atoms with Crippen molar-refractivity contribution in [3.63, 3.8) is 0 Å². The number of benzene rings is 4. The number of anilines is 1. The van der Waals surface area contributed by atoms with Crippen molar-refractivity contribution >= 4 is 47.4 Å². The van der Waals surface area contributed by atoms with E-state index < -0.39 is 95.2 Å². The molecule has 71 heavy (non-hydrogen) atoms. The molecule has 2 N–H and O–H groups in total. The lowest BCUT2D eigenvalue weighted by molar-refractivity contribution is -0.179. The molecule has 0 unspecified atom stereocenters. The molecule has 3 fully saturated rings. The summed E-state index contributed by atoms with van der Waals surface area (Å²) >= 11 is 0. The molecule has 4 aliphatic heterocycles. The Kier molecular flexibility index (Phi) is 14.9. The van der Waals surface area contributed by atoms with E-state index in [-0.39, 0.29) is 29.0 Å². The highest BCUT2D eigenvalue weighted by molar-refractivity contribution is 6.25. The van der Waals surface area contributed by atoms with Crippen molar-refractivity contribution in [3.05, 3.63) is 131 Å². The van der Waals surface area contributed by atoms with E-state index in [4.69, 9.17) is 18.9 Å². The van der Waals surface area contributed by atoms with Gasteiger partial charge in [0.25, 0.3) is 0 Å². The number of hydrogen-bond donors (Lipinski definition) is 2. The number of fused-ring (bicyclic) bond motifs is 3. The zero-order valence-electron chi connectivity index (χ0n) is 40.4. The van der Waals surface area contributed by atoms with Gasteiger partial charge in [-0.25, -0.2) is 14.5 Å². The zero-order valence-corrected chi connectivity index (χ0v) is 40.4. The highest BCUT2D eigenvalue weighted by atomic mass is 16.6. The quantitative estimate of drug-likeness (QED) is 0.0761. The molecule has 0 radical (unpaired) electrons. The first kappa shape index (κ1) is 49.9. The molecule has 0 aliphatic carbocycles. The third-order valence-electron chi connectivity index (χ3n) is 14.2. The van der Waals surface area contributed by atoms with Gasteiger partial charge in [0.1, 0.15) is 29.4 Å². The van der Waals surface area contributed by atoms with Crippen LogP contribution in [0.4, 0.5) is 10.5 Å². The maximum Gasteiger partial charge on any atom is 0.329 e. The van der Waals surface area contributed by atoms with E-state index in [1.54, 1.807) is 43.0 Å². The molecule has 370 valence electrons. The van der Waals surface area contributed by atoms with Crippen molar-refractivity contribution in [1.82, 2.24) is 15.1 Å². The molecule has 4 aromatic carbocycles. The molecule has 4 aliphatic rings. The van der Waals surface area contributed by atoms with Gasteiger partial charge in [-0.05, 0) is 71.3 Å². The van der Waals surface area contributed by atoms with Gasteiger partial charge in [-0.15, -0.1) is 0 Å². The van der Waals surface area contributed by atoms with Gasteiger partial charge in [0.2, 0.25) is 11.8 Å². The van der Waals surface area contributed by atoms with Crippen LogP contribution in [0, 0.1) is 29.6 Å². The summed E-state index contributed by atoms with van der Waals surface area (Å²) < 4.78 is 21.4. The van der Waals surface area contributed by atoms with Gasteiger partial charge in [0.05, 0.1) is 45.0 Å². The first-order valence-electron chi connectivity index (χ1n) is 24.0. The Morgan fingerprint density at radius 3 is 1.93 bits per heavy atom. The SMILES string of the molecule is COC(=O)C(CC#Cc1ccc2c(c1)[C@]1(C(=O)N2C(=O)N[C@H](C(=O)OC)C(C)C)[C@H](c2ccc(O)cc2)N2[C@H](c3ccccc3)[C@H](c3ccccc3)OC(=O)[C@H]2[C@@H]1C(=O)N1CCCCCCC1)C(=O)OC. The molecule has 8 rings (SSSR count). The number of methoxy groups -OCH3 is 3. The molecule has 7 atom stereocenters. The van der Waals surface area contributed by atoms with Crippen LogP contribution in [-0.4, -0.2) is 103 Å². The van der Waals surface area contributed by atoms with Crippen molar-refractivity contribution in [2.24, 2.45) is 17.8 Å². The number of hydrogen-bond acceptors (Lipinski definition) is 13. The van der Waals surface area contributed by atoms with Crippen LogP contribution in [0.1, 0.15) is 98.4 Å². The molecule has 0 saturated carbocycles. The lowest BCUT2D eigenvalue weighted by atomic mass is 9.64. The lowest BCUT2D eigenvalue weighted by Gasteiger charge is -2.46. The van der Waals surface area contributed by atoms with Crippen LogP contribution in [0.15, 0.2) is 103 Å². The van der Waals surface area contributed by atoms with E-state index in [0.29, 0.717) is 42.6 Å². The number of phenols is 1. The number of carbonyl (C=O) groups is 7. The van der Waals surface area contributed by atoms with Gasteiger partial charge in [-0.1, -0.05) is 118 Å². The van der Waals surface area contributed by atoms with Crippen molar-refractivity contribution in [1.29, 1.82) is 0 Å². The molecule has 16 nitrogen and oxygen atoms in total. The van der Waals surface area contributed by atoms with Crippen LogP contribution >= 0.6 is 0 Å². The standard InChI is InChI=1S/C55H58N4O12/c1-33(2)43(51(64)70-5)56-54(67)58-41-29-24-34(18-17-23-39(49(62)68-3)50(63)69-4)32-40(41)55(53(58)66)42(48(61)57-30-15-7-6-8-16-31-57)45-52(65)71-46(36-21-13-10-14-22-36)44(35-19-11-9-12-20-35)59(45)47(55)37-25-27-38(60)28-26-37/h9-14,19-22,24-29,32-33,39,42-47,60H,6-8,15-16,23,30-31H2,1-5H3,(H,56,67)/t42-,43+,44-,45-,46+,47+,55-/m1/s1. The second-order valence-electron chi connectivity index (χ2n) is 18.6. The first-order chi connectivity index (χ1) is 34.3. The van der Waals surface area contributed by atoms with Crippen LogP contribution in [0.2, 0.25) is 0 Å². The van der Waals surface area contributed by atoms with Crippen molar-refractivity contribution in [2.45, 2.75) is 88.1 Å². The number of carbonyl (C=O) groups excluding carboxylic acids is 7. The van der Waals surface area contributed by atoms with Gasteiger partial charge in [-0.2, -0.15) is 0 Å². The number of cyclic esters (lactones) is 1. The monoisotopic (exact) mass is 966 g/mol. The lowest BCUT2D eigenvalue weighted by Crippen LogP contribution is -2.58. The number of urea groups is 1. The van der Waals surface area contributed by atoms with Crippen molar-refractivity contribution in [2.75, 3.05) is 39.3 Å². The molecule has 4 aromatic rings. The average molecular weight is 967 g/mol. The van der Waals surface area contributed by atoms with E-state index in [1.807, 2.05) is 65.6 Å². The average Bonchev–Trinajstić information content (AvgIpc) is 3.82.